The van der Waals surface area contributed by atoms with Crippen molar-refractivity contribution in [3.8, 4) is 5.75 Å². The Kier molecular flexibility index (Phi) is 6.86. The molecule has 2 amide bonds. The Morgan fingerprint density at radius 3 is 2.62 bits per heavy atom. The third-order valence-corrected chi connectivity index (χ3v) is 4.89. The molecule has 1 atom stereocenters. The fraction of sp³-hybridized carbons (Fsp3) is 0.391. The first-order valence-corrected chi connectivity index (χ1v) is 10.0. The van der Waals surface area contributed by atoms with Gasteiger partial charge in [0.25, 0.3) is 5.91 Å². The molecule has 0 saturated carbocycles. The smallest absolute Gasteiger partial charge is 0.253 e. The van der Waals surface area contributed by atoms with E-state index in [4.69, 9.17) is 4.74 Å². The normalized spacial score (nSPS) is 16.6. The minimum Gasteiger partial charge on any atom is -0.491 e. The molecule has 1 aliphatic heterocycles. The minimum absolute atomic E-state index is 0.123. The van der Waals surface area contributed by atoms with Crippen LogP contribution in [-0.4, -0.2) is 36.4 Å². The number of rotatable bonds is 6. The van der Waals surface area contributed by atoms with Crippen LogP contribution in [0.25, 0.3) is 0 Å². The average molecular weight is 398 g/mol. The van der Waals surface area contributed by atoms with Crippen LogP contribution in [0, 0.1) is 17.7 Å². The number of carbonyl (C=O) groups excluding carboxylic acids is 2. The summed E-state index contributed by atoms with van der Waals surface area (Å²) >= 11 is 0. The summed E-state index contributed by atoms with van der Waals surface area (Å²) in [7, 11) is 0. The maximum Gasteiger partial charge on any atom is 0.253 e. The number of nitrogens with one attached hydrogen (secondary N) is 1. The average Bonchev–Trinajstić information content (AvgIpc) is 2.73. The van der Waals surface area contributed by atoms with E-state index in [-0.39, 0.29) is 23.5 Å². The Labute approximate surface area is 170 Å². The lowest BCUT2D eigenvalue weighted by Gasteiger charge is -2.32. The first-order valence-electron chi connectivity index (χ1n) is 10.0. The predicted molar refractivity (Wildman–Crippen MR) is 110 cm³/mol. The maximum absolute atomic E-state index is 13.1. The summed E-state index contributed by atoms with van der Waals surface area (Å²) in [6.45, 7) is 5.63. The Morgan fingerprint density at radius 1 is 1.17 bits per heavy atom. The van der Waals surface area contributed by atoms with E-state index >= 15 is 0 Å². The van der Waals surface area contributed by atoms with Crippen molar-refractivity contribution < 1.29 is 18.7 Å². The van der Waals surface area contributed by atoms with Crippen molar-refractivity contribution >= 4 is 17.5 Å². The van der Waals surface area contributed by atoms with Crippen LogP contribution in [-0.2, 0) is 4.79 Å². The number of anilines is 1. The molecule has 0 radical (unpaired) electrons. The maximum atomic E-state index is 13.1. The molecular formula is C23H27FN2O3. The molecule has 5 nitrogen and oxygen atoms in total. The van der Waals surface area contributed by atoms with Gasteiger partial charge in [0.1, 0.15) is 11.6 Å². The van der Waals surface area contributed by atoms with Gasteiger partial charge in [-0.25, -0.2) is 4.39 Å². The Balaban J connectivity index is 1.64. The van der Waals surface area contributed by atoms with E-state index < -0.39 is 0 Å². The van der Waals surface area contributed by atoms with Gasteiger partial charge in [0.05, 0.1) is 18.2 Å². The summed E-state index contributed by atoms with van der Waals surface area (Å²) in [6, 6.07) is 12.9. The number of carbonyl (C=O) groups is 2. The summed E-state index contributed by atoms with van der Waals surface area (Å²) in [5, 5.41) is 2.96. The van der Waals surface area contributed by atoms with Gasteiger partial charge in [0, 0.05) is 18.7 Å². The van der Waals surface area contributed by atoms with Crippen molar-refractivity contribution in [2.75, 3.05) is 25.0 Å². The molecule has 1 N–H and O–H groups in total. The monoisotopic (exact) mass is 398 g/mol. The molecule has 29 heavy (non-hydrogen) atoms. The van der Waals surface area contributed by atoms with Crippen molar-refractivity contribution in [3.05, 3.63) is 59.9 Å². The Bertz CT molecular complexity index is 851. The Hall–Kier alpha value is -2.89. The van der Waals surface area contributed by atoms with Crippen LogP contribution in [0.15, 0.2) is 48.5 Å². The van der Waals surface area contributed by atoms with Crippen molar-refractivity contribution in [1.82, 2.24) is 4.90 Å². The summed E-state index contributed by atoms with van der Waals surface area (Å²) in [5.74, 6) is 0.0419. The van der Waals surface area contributed by atoms with Gasteiger partial charge in [-0.05, 0) is 55.2 Å². The van der Waals surface area contributed by atoms with E-state index in [0.29, 0.717) is 49.0 Å². The predicted octanol–water partition coefficient (Wildman–Crippen LogP) is 4.35. The summed E-state index contributed by atoms with van der Waals surface area (Å²) in [4.78, 5) is 27.2. The van der Waals surface area contributed by atoms with Crippen molar-refractivity contribution in [3.63, 3.8) is 0 Å². The van der Waals surface area contributed by atoms with Crippen molar-refractivity contribution in [2.45, 2.75) is 26.7 Å². The number of amides is 2. The minimum atomic E-state index is -0.379. The molecule has 0 spiro atoms. The van der Waals surface area contributed by atoms with Gasteiger partial charge in [-0.2, -0.15) is 0 Å². The zero-order valence-electron chi connectivity index (χ0n) is 16.9. The molecule has 2 aromatic carbocycles. The van der Waals surface area contributed by atoms with Crippen LogP contribution in [0.1, 0.15) is 37.0 Å². The van der Waals surface area contributed by atoms with Gasteiger partial charge in [-0.15, -0.1) is 0 Å². The fourth-order valence-electron chi connectivity index (χ4n) is 3.34. The third kappa shape index (κ3) is 5.56. The van der Waals surface area contributed by atoms with E-state index in [1.165, 1.54) is 24.3 Å². The van der Waals surface area contributed by atoms with E-state index in [1.54, 1.807) is 4.90 Å². The lowest BCUT2D eigenvalue weighted by molar-refractivity contribution is -0.121. The number of para-hydroxylation sites is 2. The molecule has 154 valence electrons. The second-order valence-corrected chi connectivity index (χ2v) is 7.79. The van der Waals surface area contributed by atoms with Gasteiger partial charge in [0.15, 0.2) is 0 Å². The molecular weight excluding hydrogens is 371 g/mol. The number of hydrogen-bond donors (Lipinski definition) is 1. The molecule has 1 heterocycles. The van der Waals surface area contributed by atoms with Crippen molar-refractivity contribution in [2.24, 2.45) is 11.8 Å². The summed E-state index contributed by atoms with van der Waals surface area (Å²) < 4.78 is 18.9. The number of nitrogens with zero attached hydrogens (tertiary/aromatic N) is 1. The van der Waals surface area contributed by atoms with Crippen LogP contribution in [0.5, 0.6) is 5.75 Å². The van der Waals surface area contributed by atoms with Gasteiger partial charge in [-0.1, -0.05) is 26.0 Å². The zero-order valence-corrected chi connectivity index (χ0v) is 16.9. The quantitative estimate of drug-likeness (QED) is 0.787. The second kappa shape index (κ2) is 9.54. The number of hydrogen-bond acceptors (Lipinski definition) is 3. The van der Waals surface area contributed by atoms with Crippen LogP contribution < -0.4 is 10.1 Å². The lowest BCUT2D eigenvalue weighted by atomic mass is 9.96. The summed E-state index contributed by atoms with van der Waals surface area (Å²) in [6.07, 6.45) is 1.46. The highest BCUT2D eigenvalue weighted by Gasteiger charge is 2.29. The SMILES string of the molecule is CC(C)COc1ccccc1NC(=O)C1CCCN(C(=O)c2ccc(F)cc2)C1. The third-order valence-electron chi connectivity index (χ3n) is 4.89. The molecule has 1 aliphatic rings. The van der Waals surface area contributed by atoms with Crippen molar-refractivity contribution in [1.29, 1.82) is 0 Å². The largest absolute Gasteiger partial charge is 0.491 e. The first-order chi connectivity index (χ1) is 13.9. The molecule has 6 heteroatoms. The number of halogens is 1. The molecule has 0 bridgehead atoms. The molecule has 3 rings (SSSR count). The molecule has 2 aromatic rings. The Morgan fingerprint density at radius 2 is 1.90 bits per heavy atom. The fourth-order valence-corrected chi connectivity index (χ4v) is 3.34. The molecule has 0 aliphatic carbocycles. The summed E-state index contributed by atoms with van der Waals surface area (Å²) in [5.41, 5.74) is 1.07. The van der Waals surface area contributed by atoms with E-state index in [2.05, 4.69) is 19.2 Å². The highest BCUT2D eigenvalue weighted by Crippen LogP contribution is 2.26. The van der Waals surface area contributed by atoms with Crippen LogP contribution in [0.4, 0.5) is 10.1 Å². The molecule has 1 saturated heterocycles. The first kappa shape index (κ1) is 20.8. The molecule has 1 unspecified atom stereocenters. The van der Waals surface area contributed by atoms with Crippen LogP contribution in [0.2, 0.25) is 0 Å². The number of likely N-dealkylation sites (tertiary alicyclic amines) is 1. The van der Waals surface area contributed by atoms with E-state index in [0.717, 1.165) is 6.42 Å². The van der Waals surface area contributed by atoms with Gasteiger partial charge >= 0.3 is 0 Å². The highest BCUT2D eigenvalue weighted by molar-refractivity contribution is 5.96. The van der Waals surface area contributed by atoms with E-state index in [1.807, 2.05) is 24.3 Å². The topological polar surface area (TPSA) is 58.6 Å². The van der Waals surface area contributed by atoms with Gasteiger partial charge < -0.3 is 15.0 Å². The van der Waals surface area contributed by atoms with Crippen LogP contribution >= 0.6 is 0 Å². The van der Waals surface area contributed by atoms with Gasteiger partial charge in [-0.3, -0.25) is 9.59 Å². The highest BCUT2D eigenvalue weighted by atomic mass is 19.1. The number of piperidine rings is 1. The molecule has 0 aromatic heterocycles. The molecule has 1 fully saturated rings. The van der Waals surface area contributed by atoms with Crippen LogP contribution in [0.3, 0.4) is 0 Å². The zero-order chi connectivity index (χ0) is 20.8. The van der Waals surface area contributed by atoms with Gasteiger partial charge in [0.2, 0.25) is 5.91 Å². The lowest BCUT2D eigenvalue weighted by Crippen LogP contribution is -2.43. The number of ether oxygens (including phenoxy) is 1. The number of benzene rings is 2. The second-order valence-electron chi connectivity index (χ2n) is 7.79. The van der Waals surface area contributed by atoms with E-state index in [9.17, 15) is 14.0 Å². The standard InChI is InChI=1S/C23H27FN2O3/c1-16(2)15-29-21-8-4-3-7-20(21)25-22(27)18-6-5-13-26(14-18)23(28)17-9-11-19(24)12-10-17/h3-4,7-12,16,18H,5-6,13-15H2,1-2H3,(H,25,27).